The third-order valence-electron chi connectivity index (χ3n) is 2.96. The Hall–Kier alpha value is -1.42. The number of aryl methyl sites for hydroxylation is 1. The Balaban J connectivity index is 2.75. The number of fused-ring (bicyclic) bond motifs is 1. The Morgan fingerprint density at radius 1 is 1.44 bits per heavy atom. The molecule has 0 unspecified atom stereocenters. The number of rotatable bonds is 2. The number of nitrogens with two attached hydrogens (primary N) is 1. The van der Waals surface area contributed by atoms with Crippen molar-refractivity contribution in [3.8, 4) is 0 Å². The van der Waals surface area contributed by atoms with Crippen molar-refractivity contribution in [2.45, 2.75) is 19.3 Å². The van der Waals surface area contributed by atoms with Crippen LogP contribution in [-0.4, -0.2) is 16.1 Å². The molecular weight excluding hydrogens is 205 g/mol. The Morgan fingerprint density at radius 3 is 2.69 bits per heavy atom. The van der Waals surface area contributed by atoms with Crippen LogP contribution >= 0.6 is 0 Å². The average Bonchev–Trinajstić information content (AvgIpc) is 2.58. The fourth-order valence-corrected chi connectivity index (χ4v) is 1.92. The van der Waals surface area contributed by atoms with E-state index in [1.165, 1.54) is 6.07 Å². The number of benzene rings is 1. The van der Waals surface area contributed by atoms with Crippen LogP contribution in [0, 0.1) is 5.82 Å². The normalized spacial score (nSPS) is 12.3. The van der Waals surface area contributed by atoms with Crippen LogP contribution in [-0.2, 0) is 12.5 Å². The zero-order chi connectivity index (χ0) is 11.9. The summed E-state index contributed by atoms with van der Waals surface area (Å²) in [5.41, 5.74) is 6.69. The van der Waals surface area contributed by atoms with E-state index >= 15 is 0 Å². The predicted octanol–water partition coefficient (Wildman–Crippen LogP) is 1.95. The number of imidazole rings is 1. The van der Waals surface area contributed by atoms with Crippen LogP contribution in [0.3, 0.4) is 0 Å². The van der Waals surface area contributed by atoms with Gasteiger partial charge in [-0.15, -0.1) is 0 Å². The monoisotopic (exact) mass is 221 g/mol. The molecule has 0 aliphatic rings. The Morgan fingerprint density at radius 2 is 2.12 bits per heavy atom. The van der Waals surface area contributed by atoms with E-state index in [1.807, 2.05) is 27.0 Å². The molecule has 0 aliphatic heterocycles. The summed E-state index contributed by atoms with van der Waals surface area (Å²) in [5.74, 6) is 0.571. The molecule has 0 aliphatic carbocycles. The van der Waals surface area contributed by atoms with E-state index in [9.17, 15) is 4.39 Å². The maximum Gasteiger partial charge on any atom is 0.149 e. The summed E-state index contributed by atoms with van der Waals surface area (Å²) in [5, 5.41) is 0. The van der Waals surface area contributed by atoms with Crippen LogP contribution in [0.5, 0.6) is 0 Å². The van der Waals surface area contributed by atoms with E-state index in [4.69, 9.17) is 5.73 Å². The fraction of sp³-hybridized carbons (Fsp3) is 0.417. The van der Waals surface area contributed by atoms with Crippen LogP contribution in [0.25, 0.3) is 11.0 Å². The first kappa shape index (κ1) is 11.1. The van der Waals surface area contributed by atoms with Gasteiger partial charge in [-0.05, 0) is 12.1 Å². The van der Waals surface area contributed by atoms with Crippen molar-refractivity contribution < 1.29 is 4.39 Å². The molecule has 2 N–H and O–H groups in total. The lowest BCUT2D eigenvalue weighted by Crippen LogP contribution is -2.31. The minimum Gasteiger partial charge on any atom is -0.329 e. The van der Waals surface area contributed by atoms with E-state index in [2.05, 4.69) is 4.98 Å². The number of aromatic nitrogens is 2. The molecule has 2 rings (SSSR count). The Kier molecular flexibility index (Phi) is 2.46. The number of hydrogen-bond acceptors (Lipinski definition) is 2. The lowest BCUT2D eigenvalue weighted by molar-refractivity contribution is 0.486. The van der Waals surface area contributed by atoms with Gasteiger partial charge in [0.2, 0.25) is 0 Å². The van der Waals surface area contributed by atoms with Crippen molar-refractivity contribution in [1.29, 1.82) is 0 Å². The number of hydrogen-bond donors (Lipinski definition) is 1. The average molecular weight is 221 g/mol. The van der Waals surface area contributed by atoms with Gasteiger partial charge in [0, 0.05) is 19.0 Å². The highest BCUT2D eigenvalue weighted by atomic mass is 19.1. The molecule has 0 radical (unpaired) electrons. The zero-order valence-corrected chi connectivity index (χ0v) is 9.79. The second kappa shape index (κ2) is 3.56. The molecule has 86 valence electrons. The van der Waals surface area contributed by atoms with Crippen LogP contribution in [0.4, 0.5) is 4.39 Å². The van der Waals surface area contributed by atoms with Gasteiger partial charge in [0.25, 0.3) is 0 Å². The van der Waals surface area contributed by atoms with Crippen molar-refractivity contribution in [3.63, 3.8) is 0 Å². The highest BCUT2D eigenvalue weighted by Crippen LogP contribution is 2.26. The van der Waals surface area contributed by atoms with Gasteiger partial charge in [0.15, 0.2) is 0 Å². The molecule has 1 heterocycles. The summed E-state index contributed by atoms with van der Waals surface area (Å²) in [6.45, 7) is 4.49. The maximum atomic E-state index is 13.7. The quantitative estimate of drug-likeness (QED) is 0.842. The second-order valence-electron chi connectivity index (χ2n) is 4.69. The van der Waals surface area contributed by atoms with Crippen LogP contribution in [0.15, 0.2) is 18.2 Å². The second-order valence-corrected chi connectivity index (χ2v) is 4.69. The van der Waals surface area contributed by atoms with Gasteiger partial charge >= 0.3 is 0 Å². The van der Waals surface area contributed by atoms with Gasteiger partial charge in [-0.2, -0.15) is 0 Å². The largest absolute Gasteiger partial charge is 0.329 e. The van der Waals surface area contributed by atoms with Gasteiger partial charge in [-0.25, -0.2) is 9.37 Å². The minimum atomic E-state index is -0.250. The lowest BCUT2D eigenvalue weighted by atomic mass is 9.93. The summed E-state index contributed by atoms with van der Waals surface area (Å²) >= 11 is 0. The van der Waals surface area contributed by atoms with Gasteiger partial charge in [0.05, 0.1) is 5.52 Å². The molecule has 0 fully saturated rings. The highest BCUT2D eigenvalue weighted by Gasteiger charge is 2.25. The van der Waals surface area contributed by atoms with Crippen molar-refractivity contribution >= 4 is 11.0 Å². The van der Waals surface area contributed by atoms with Crippen molar-refractivity contribution in [3.05, 3.63) is 29.8 Å². The smallest absolute Gasteiger partial charge is 0.149 e. The predicted molar refractivity (Wildman–Crippen MR) is 62.8 cm³/mol. The Bertz CT molecular complexity index is 528. The third-order valence-corrected chi connectivity index (χ3v) is 2.96. The van der Waals surface area contributed by atoms with Crippen LogP contribution in [0.1, 0.15) is 19.7 Å². The molecule has 2 aromatic rings. The third kappa shape index (κ3) is 1.50. The summed E-state index contributed by atoms with van der Waals surface area (Å²) < 4.78 is 15.4. The van der Waals surface area contributed by atoms with Crippen molar-refractivity contribution in [1.82, 2.24) is 9.55 Å². The van der Waals surface area contributed by atoms with Crippen molar-refractivity contribution in [2.75, 3.05) is 6.54 Å². The molecule has 0 saturated heterocycles. The molecule has 1 aromatic heterocycles. The summed E-state index contributed by atoms with van der Waals surface area (Å²) in [4.78, 5) is 4.46. The molecule has 0 spiro atoms. The first-order valence-electron chi connectivity index (χ1n) is 5.29. The standard InChI is InChI=1S/C12H16FN3/c1-12(2,7-14)11-15-9-6-4-5-8(13)10(9)16(11)3/h4-6H,7,14H2,1-3H3. The number of nitrogens with zero attached hydrogens (tertiary/aromatic N) is 2. The zero-order valence-electron chi connectivity index (χ0n) is 9.79. The summed E-state index contributed by atoms with van der Waals surface area (Å²) in [7, 11) is 1.82. The lowest BCUT2D eigenvalue weighted by Gasteiger charge is -2.21. The molecule has 16 heavy (non-hydrogen) atoms. The van der Waals surface area contributed by atoms with Crippen molar-refractivity contribution in [2.24, 2.45) is 12.8 Å². The first-order chi connectivity index (χ1) is 7.47. The highest BCUT2D eigenvalue weighted by molar-refractivity contribution is 5.76. The fourth-order valence-electron chi connectivity index (χ4n) is 1.92. The van der Waals surface area contributed by atoms with E-state index < -0.39 is 0 Å². The van der Waals surface area contributed by atoms with Gasteiger partial charge in [-0.3, -0.25) is 0 Å². The van der Waals surface area contributed by atoms with E-state index in [0.29, 0.717) is 17.6 Å². The molecule has 3 nitrogen and oxygen atoms in total. The molecular formula is C12H16FN3. The van der Waals surface area contributed by atoms with E-state index in [0.717, 1.165) is 5.82 Å². The topological polar surface area (TPSA) is 43.8 Å². The molecule has 1 aromatic carbocycles. The molecule has 4 heteroatoms. The van der Waals surface area contributed by atoms with Gasteiger partial charge < -0.3 is 10.3 Å². The maximum absolute atomic E-state index is 13.7. The van der Waals surface area contributed by atoms with E-state index in [1.54, 1.807) is 10.6 Å². The van der Waals surface area contributed by atoms with Gasteiger partial charge in [-0.1, -0.05) is 19.9 Å². The summed E-state index contributed by atoms with van der Waals surface area (Å²) in [6.07, 6.45) is 0. The molecule has 0 atom stereocenters. The Labute approximate surface area is 94.1 Å². The van der Waals surface area contributed by atoms with Gasteiger partial charge in [0.1, 0.15) is 17.2 Å². The minimum absolute atomic E-state index is 0.244. The summed E-state index contributed by atoms with van der Waals surface area (Å²) in [6, 6.07) is 4.93. The van der Waals surface area contributed by atoms with E-state index in [-0.39, 0.29) is 11.2 Å². The SMILES string of the molecule is Cn1c(C(C)(C)CN)nc2cccc(F)c21. The molecule has 0 amide bonds. The number of halogens is 1. The molecule has 0 saturated carbocycles. The number of para-hydroxylation sites is 1. The first-order valence-corrected chi connectivity index (χ1v) is 5.29. The van der Waals surface area contributed by atoms with Crippen LogP contribution < -0.4 is 5.73 Å². The molecule has 0 bridgehead atoms. The van der Waals surface area contributed by atoms with Crippen LogP contribution in [0.2, 0.25) is 0 Å².